The van der Waals surface area contributed by atoms with Crippen LogP contribution >= 0.6 is 0 Å². The Labute approximate surface area is 123 Å². The van der Waals surface area contributed by atoms with Crippen LogP contribution in [0.1, 0.15) is 26.6 Å². The lowest BCUT2D eigenvalue weighted by molar-refractivity contribution is 0.374. The highest BCUT2D eigenvalue weighted by Gasteiger charge is 2.18. The molecule has 0 saturated carbocycles. The summed E-state index contributed by atoms with van der Waals surface area (Å²) < 4.78 is 5.31. The van der Waals surface area contributed by atoms with E-state index < -0.39 is 0 Å². The van der Waals surface area contributed by atoms with E-state index in [9.17, 15) is 5.11 Å². The first-order valence-corrected chi connectivity index (χ1v) is 6.97. The number of nitrogens with zero attached hydrogens (tertiary/aromatic N) is 2. The van der Waals surface area contributed by atoms with Crippen molar-refractivity contribution in [1.29, 1.82) is 0 Å². The van der Waals surface area contributed by atoms with Crippen molar-refractivity contribution in [1.82, 2.24) is 10.1 Å². The van der Waals surface area contributed by atoms with Crippen molar-refractivity contribution in [3.05, 3.63) is 42.2 Å². The molecule has 0 radical (unpaired) electrons. The quantitative estimate of drug-likeness (QED) is 0.765. The van der Waals surface area contributed by atoms with E-state index >= 15 is 0 Å². The van der Waals surface area contributed by atoms with Crippen LogP contribution in [0.2, 0.25) is 0 Å². The lowest BCUT2D eigenvalue weighted by Crippen LogP contribution is -2.10. The summed E-state index contributed by atoms with van der Waals surface area (Å²) in [6, 6.07) is 11.4. The van der Waals surface area contributed by atoms with Gasteiger partial charge in [0.2, 0.25) is 0 Å². The molecule has 0 bridgehead atoms. The number of phenols is 1. The zero-order chi connectivity index (χ0) is 15.0. The fraction of sp³-hybridized carbons (Fsp3) is 0.294. The average Bonchev–Trinajstić information content (AvgIpc) is 2.84. The second kappa shape index (κ2) is 4.88. The summed E-state index contributed by atoms with van der Waals surface area (Å²) >= 11 is 0. The van der Waals surface area contributed by atoms with Crippen molar-refractivity contribution >= 4 is 10.8 Å². The van der Waals surface area contributed by atoms with Crippen molar-refractivity contribution in [2.75, 3.05) is 0 Å². The third kappa shape index (κ3) is 2.89. The highest BCUT2D eigenvalue weighted by molar-refractivity contribution is 5.89. The van der Waals surface area contributed by atoms with Crippen molar-refractivity contribution in [2.24, 2.45) is 5.41 Å². The number of aromatic hydroxyl groups is 1. The summed E-state index contributed by atoms with van der Waals surface area (Å²) in [6.07, 6.45) is 0.727. The van der Waals surface area contributed by atoms with Crippen LogP contribution in [0.4, 0.5) is 0 Å². The van der Waals surface area contributed by atoms with E-state index in [4.69, 9.17) is 4.52 Å². The Hall–Kier alpha value is -2.36. The molecule has 108 valence electrons. The van der Waals surface area contributed by atoms with Crippen LogP contribution in [0.5, 0.6) is 5.75 Å². The molecule has 0 amide bonds. The van der Waals surface area contributed by atoms with Gasteiger partial charge in [0.05, 0.1) is 5.56 Å². The van der Waals surface area contributed by atoms with Gasteiger partial charge in [-0.15, -0.1) is 0 Å². The summed E-state index contributed by atoms with van der Waals surface area (Å²) in [4.78, 5) is 4.40. The van der Waals surface area contributed by atoms with E-state index in [0.717, 1.165) is 17.2 Å². The minimum atomic E-state index is 0.0899. The van der Waals surface area contributed by atoms with Crippen molar-refractivity contribution in [3.8, 4) is 17.2 Å². The molecule has 0 aliphatic heterocycles. The normalized spacial score (nSPS) is 12.0. The van der Waals surface area contributed by atoms with Crippen LogP contribution < -0.4 is 0 Å². The average molecular weight is 282 g/mol. The zero-order valence-corrected chi connectivity index (χ0v) is 12.4. The van der Waals surface area contributed by atoms with E-state index in [2.05, 4.69) is 30.9 Å². The largest absolute Gasteiger partial charge is 0.507 e. The monoisotopic (exact) mass is 282 g/mol. The standard InChI is InChI=1S/C17H18N2O2/c1-17(2,3)10-15-18-16(21-19-15)13-8-11-6-4-5-7-12(11)9-14(13)20/h4-9,20H,10H2,1-3H3. The van der Waals surface area contributed by atoms with Crippen molar-refractivity contribution in [3.63, 3.8) is 0 Å². The van der Waals surface area contributed by atoms with Gasteiger partial charge in [0.25, 0.3) is 5.89 Å². The van der Waals surface area contributed by atoms with Gasteiger partial charge in [-0.05, 0) is 28.3 Å². The van der Waals surface area contributed by atoms with E-state index in [1.165, 1.54) is 0 Å². The fourth-order valence-corrected chi connectivity index (χ4v) is 2.31. The van der Waals surface area contributed by atoms with Crippen LogP contribution in [-0.2, 0) is 6.42 Å². The summed E-state index contributed by atoms with van der Waals surface area (Å²) in [5.41, 5.74) is 0.661. The number of aromatic nitrogens is 2. The number of hydrogen-bond acceptors (Lipinski definition) is 4. The summed E-state index contributed by atoms with van der Waals surface area (Å²) in [5, 5.41) is 16.2. The van der Waals surface area contributed by atoms with Gasteiger partial charge in [0.1, 0.15) is 5.75 Å². The van der Waals surface area contributed by atoms with Crippen LogP contribution in [0.3, 0.4) is 0 Å². The van der Waals surface area contributed by atoms with Crippen LogP contribution in [-0.4, -0.2) is 15.2 Å². The predicted octanol–water partition coefficient (Wildman–Crippen LogP) is 4.18. The van der Waals surface area contributed by atoms with Gasteiger partial charge < -0.3 is 9.63 Å². The molecule has 21 heavy (non-hydrogen) atoms. The van der Waals surface area contributed by atoms with Gasteiger partial charge in [-0.3, -0.25) is 0 Å². The number of fused-ring (bicyclic) bond motifs is 1. The van der Waals surface area contributed by atoms with Crippen molar-refractivity contribution in [2.45, 2.75) is 27.2 Å². The van der Waals surface area contributed by atoms with E-state index in [-0.39, 0.29) is 11.2 Å². The summed E-state index contributed by atoms with van der Waals surface area (Å²) in [7, 11) is 0. The van der Waals surface area contributed by atoms with Gasteiger partial charge in [-0.25, -0.2) is 0 Å². The number of phenolic OH excluding ortho intramolecular Hbond substituents is 1. The molecule has 3 aromatic rings. The maximum atomic E-state index is 10.2. The third-order valence-corrected chi connectivity index (χ3v) is 3.25. The smallest absolute Gasteiger partial charge is 0.261 e. The van der Waals surface area contributed by atoms with Gasteiger partial charge >= 0.3 is 0 Å². The first-order chi connectivity index (χ1) is 9.92. The molecule has 0 unspecified atom stereocenters. The molecular formula is C17H18N2O2. The molecule has 0 fully saturated rings. The Morgan fingerprint density at radius 2 is 1.76 bits per heavy atom. The zero-order valence-electron chi connectivity index (χ0n) is 12.4. The SMILES string of the molecule is CC(C)(C)Cc1noc(-c2cc3ccccc3cc2O)n1. The van der Waals surface area contributed by atoms with E-state index in [1.807, 2.05) is 30.3 Å². The maximum absolute atomic E-state index is 10.2. The second-order valence-corrected chi connectivity index (χ2v) is 6.47. The number of hydrogen-bond donors (Lipinski definition) is 1. The molecule has 4 heteroatoms. The lowest BCUT2D eigenvalue weighted by Gasteiger charge is -2.14. The Morgan fingerprint density at radius 3 is 2.43 bits per heavy atom. The van der Waals surface area contributed by atoms with Gasteiger partial charge in [-0.2, -0.15) is 4.98 Å². The predicted molar refractivity (Wildman–Crippen MR) is 82.1 cm³/mol. The molecule has 4 nitrogen and oxygen atoms in total. The topological polar surface area (TPSA) is 59.2 Å². The molecule has 1 aromatic heterocycles. The maximum Gasteiger partial charge on any atom is 0.261 e. The lowest BCUT2D eigenvalue weighted by atomic mass is 9.92. The minimum absolute atomic E-state index is 0.0899. The van der Waals surface area contributed by atoms with Gasteiger partial charge in [0, 0.05) is 6.42 Å². The van der Waals surface area contributed by atoms with Crippen molar-refractivity contribution < 1.29 is 9.63 Å². The highest BCUT2D eigenvalue weighted by Crippen LogP contribution is 2.32. The van der Waals surface area contributed by atoms with E-state index in [1.54, 1.807) is 6.07 Å². The molecule has 0 atom stereocenters. The first-order valence-electron chi connectivity index (χ1n) is 6.97. The molecular weight excluding hydrogens is 264 g/mol. The highest BCUT2D eigenvalue weighted by atomic mass is 16.5. The Morgan fingerprint density at radius 1 is 1.10 bits per heavy atom. The third-order valence-electron chi connectivity index (χ3n) is 3.25. The van der Waals surface area contributed by atoms with Crippen LogP contribution in [0.15, 0.2) is 40.9 Å². The number of rotatable bonds is 2. The van der Waals surface area contributed by atoms with Crippen LogP contribution in [0, 0.1) is 5.41 Å². The fourth-order valence-electron chi connectivity index (χ4n) is 2.31. The minimum Gasteiger partial charge on any atom is -0.507 e. The van der Waals surface area contributed by atoms with E-state index in [0.29, 0.717) is 17.3 Å². The molecule has 1 N–H and O–H groups in total. The molecule has 1 heterocycles. The Balaban J connectivity index is 2.02. The Bertz CT molecular complexity index is 785. The summed E-state index contributed by atoms with van der Waals surface area (Å²) in [6.45, 7) is 6.36. The molecule has 0 aliphatic carbocycles. The molecule has 3 rings (SSSR count). The summed E-state index contributed by atoms with van der Waals surface area (Å²) in [5.74, 6) is 1.17. The molecule has 0 saturated heterocycles. The second-order valence-electron chi connectivity index (χ2n) is 6.47. The molecule has 2 aromatic carbocycles. The molecule has 0 spiro atoms. The van der Waals surface area contributed by atoms with Gasteiger partial charge in [-0.1, -0.05) is 50.2 Å². The van der Waals surface area contributed by atoms with Crippen LogP contribution in [0.25, 0.3) is 22.2 Å². The Kier molecular flexibility index (Phi) is 3.16. The number of benzene rings is 2. The van der Waals surface area contributed by atoms with Gasteiger partial charge in [0.15, 0.2) is 5.82 Å². The first kappa shape index (κ1) is 13.6. The molecule has 0 aliphatic rings.